The van der Waals surface area contributed by atoms with Crippen molar-refractivity contribution in [2.24, 2.45) is 5.92 Å². The standard InChI is InChI=1S/C14H17FN4O2/c1-9(2)12(8-14(20)21)19-13(16-17-18-19)7-10-5-3-4-6-11(10)15/h3-6,9,12H,7-8H2,1-2H3,(H,20,21). The van der Waals surface area contributed by atoms with E-state index in [0.29, 0.717) is 11.4 Å². The Kier molecular flexibility index (Phi) is 4.62. The molecule has 2 rings (SSSR count). The van der Waals surface area contributed by atoms with Crippen molar-refractivity contribution in [3.63, 3.8) is 0 Å². The van der Waals surface area contributed by atoms with Gasteiger partial charge in [0.25, 0.3) is 0 Å². The summed E-state index contributed by atoms with van der Waals surface area (Å²) < 4.78 is 15.2. The fourth-order valence-corrected chi connectivity index (χ4v) is 2.18. The molecule has 1 aromatic heterocycles. The van der Waals surface area contributed by atoms with Crippen molar-refractivity contribution in [3.05, 3.63) is 41.5 Å². The SMILES string of the molecule is CC(C)C(CC(=O)O)n1nnnc1Cc1ccccc1F. The van der Waals surface area contributed by atoms with Crippen LogP contribution in [0.2, 0.25) is 0 Å². The van der Waals surface area contributed by atoms with Gasteiger partial charge < -0.3 is 5.11 Å². The molecule has 6 nitrogen and oxygen atoms in total. The van der Waals surface area contributed by atoms with Crippen LogP contribution in [0.4, 0.5) is 4.39 Å². The number of aromatic nitrogens is 4. The van der Waals surface area contributed by atoms with Crippen LogP contribution in [0.3, 0.4) is 0 Å². The third-order valence-corrected chi connectivity index (χ3v) is 3.33. The molecule has 1 heterocycles. The molecule has 0 aliphatic heterocycles. The Hall–Kier alpha value is -2.31. The monoisotopic (exact) mass is 292 g/mol. The fraction of sp³-hybridized carbons (Fsp3) is 0.429. The van der Waals surface area contributed by atoms with E-state index in [1.165, 1.54) is 10.7 Å². The lowest BCUT2D eigenvalue weighted by molar-refractivity contribution is -0.138. The van der Waals surface area contributed by atoms with E-state index >= 15 is 0 Å². The second kappa shape index (κ2) is 6.43. The summed E-state index contributed by atoms with van der Waals surface area (Å²) in [6.07, 6.45) is 0.148. The first-order chi connectivity index (χ1) is 9.99. The predicted molar refractivity (Wildman–Crippen MR) is 73.2 cm³/mol. The van der Waals surface area contributed by atoms with E-state index < -0.39 is 5.97 Å². The van der Waals surface area contributed by atoms with Gasteiger partial charge in [0.05, 0.1) is 12.5 Å². The number of hydrogen-bond donors (Lipinski definition) is 1. The molecule has 0 amide bonds. The zero-order valence-corrected chi connectivity index (χ0v) is 11.9. The summed E-state index contributed by atoms with van der Waals surface area (Å²) in [6, 6.07) is 6.03. The number of nitrogens with zero attached hydrogens (tertiary/aromatic N) is 4. The molecule has 7 heteroatoms. The quantitative estimate of drug-likeness (QED) is 0.881. The van der Waals surface area contributed by atoms with Crippen LogP contribution in [0.25, 0.3) is 0 Å². The van der Waals surface area contributed by atoms with Gasteiger partial charge in [-0.05, 0) is 28.0 Å². The highest BCUT2D eigenvalue weighted by atomic mass is 19.1. The van der Waals surface area contributed by atoms with Gasteiger partial charge in [-0.2, -0.15) is 0 Å². The van der Waals surface area contributed by atoms with Gasteiger partial charge in [-0.3, -0.25) is 4.79 Å². The summed E-state index contributed by atoms with van der Waals surface area (Å²) in [5.41, 5.74) is 0.478. The van der Waals surface area contributed by atoms with Gasteiger partial charge in [0, 0.05) is 6.42 Å². The number of carbonyl (C=O) groups is 1. The molecule has 0 saturated heterocycles. The molecule has 1 aromatic carbocycles. The maximum atomic E-state index is 13.7. The molecule has 0 bridgehead atoms. The second-order valence-electron chi connectivity index (χ2n) is 5.22. The van der Waals surface area contributed by atoms with Crippen molar-refractivity contribution in [2.45, 2.75) is 32.7 Å². The van der Waals surface area contributed by atoms with Gasteiger partial charge in [0.15, 0.2) is 5.82 Å². The van der Waals surface area contributed by atoms with Crippen molar-refractivity contribution in [3.8, 4) is 0 Å². The number of benzene rings is 1. The maximum absolute atomic E-state index is 13.7. The normalized spacial score (nSPS) is 12.6. The van der Waals surface area contributed by atoms with Crippen LogP contribution in [0.15, 0.2) is 24.3 Å². The topological polar surface area (TPSA) is 80.9 Å². The predicted octanol–water partition coefficient (Wildman–Crippen LogP) is 2.07. The van der Waals surface area contributed by atoms with Gasteiger partial charge in [-0.1, -0.05) is 32.0 Å². The van der Waals surface area contributed by atoms with Crippen LogP contribution in [0.1, 0.15) is 37.7 Å². The van der Waals surface area contributed by atoms with Crippen LogP contribution in [0.5, 0.6) is 0 Å². The summed E-state index contributed by atoms with van der Waals surface area (Å²) in [5, 5.41) is 20.4. The number of rotatable bonds is 6. The van der Waals surface area contributed by atoms with Crippen LogP contribution in [0, 0.1) is 11.7 Å². The lowest BCUT2D eigenvalue weighted by Gasteiger charge is -2.20. The van der Waals surface area contributed by atoms with Gasteiger partial charge in [0.1, 0.15) is 5.82 Å². The van der Waals surface area contributed by atoms with Gasteiger partial charge in [-0.25, -0.2) is 9.07 Å². The Morgan fingerprint density at radius 2 is 2.10 bits per heavy atom. The fourth-order valence-electron chi connectivity index (χ4n) is 2.18. The van der Waals surface area contributed by atoms with E-state index in [1.807, 2.05) is 13.8 Å². The van der Waals surface area contributed by atoms with Gasteiger partial charge >= 0.3 is 5.97 Å². The lowest BCUT2D eigenvalue weighted by Crippen LogP contribution is -2.22. The molecule has 0 aliphatic carbocycles. The summed E-state index contributed by atoms with van der Waals surface area (Å²) in [6.45, 7) is 3.81. The number of aliphatic carboxylic acids is 1. The van der Waals surface area contributed by atoms with Gasteiger partial charge in [-0.15, -0.1) is 5.10 Å². The summed E-state index contributed by atoms with van der Waals surface area (Å²) in [5.74, 6) is -0.739. The highest BCUT2D eigenvalue weighted by Crippen LogP contribution is 2.23. The van der Waals surface area contributed by atoms with Crippen molar-refractivity contribution in [1.82, 2.24) is 20.2 Å². The molecule has 2 aromatic rings. The number of hydrogen-bond acceptors (Lipinski definition) is 4. The third-order valence-electron chi connectivity index (χ3n) is 3.33. The largest absolute Gasteiger partial charge is 0.481 e. The first-order valence-corrected chi connectivity index (χ1v) is 6.71. The summed E-state index contributed by atoms with van der Waals surface area (Å²) in [7, 11) is 0. The number of carboxylic acids is 1. The smallest absolute Gasteiger partial charge is 0.305 e. The Balaban J connectivity index is 2.29. The van der Waals surface area contributed by atoms with Crippen LogP contribution in [-0.2, 0) is 11.2 Å². The summed E-state index contributed by atoms with van der Waals surface area (Å²) >= 11 is 0. The third kappa shape index (κ3) is 3.62. The molecule has 1 N–H and O–H groups in total. The van der Waals surface area contributed by atoms with E-state index in [2.05, 4.69) is 15.5 Å². The van der Waals surface area contributed by atoms with Crippen LogP contribution >= 0.6 is 0 Å². The molecule has 0 aliphatic rings. The van der Waals surface area contributed by atoms with Crippen LogP contribution < -0.4 is 0 Å². The van der Waals surface area contributed by atoms with Crippen molar-refractivity contribution < 1.29 is 14.3 Å². The van der Waals surface area contributed by atoms with Crippen molar-refractivity contribution in [2.75, 3.05) is 0 Å². The number of tetrazole rings is 1. The number of halogens is 1. The Morgan fingerprint density at radius 1 is 1.38 bits per heavy atom. The molecule has 0 spiro atoms. The minimum atomic E-state index is -0.916. The number of carboxylic acid groups (broad SMARTS) is 1. The highest BCUT2D eigenvalue weighted by molar-refractivity contribution is 5.67. The van der Waals surface area contributed by atoms with E-state index in [0.717, 1.165) is 0 Å². The minimum Gasteiger partial charge on any atom is -0.481 e. The first kappa shape index (κ1) is 15.1. The van der Waals surface area contributed by atoms with Gasteiger partial charge in [0.2, 0.25) is 0 Å². The molecule has 1 unspecified atom stereocenters. The zero-order chi connectivity index (χ0) is 15.4. The molecule has 0 fully saturated rings. The Bertz CT molecular complexity index is 627. The average molecular weight is 292 g/mol. The molecule has 0 radical (unpaired) electrons. The minimum absolute atomic E-state index is 0.0453. The summed E-state index contributed by atoms with van der Waals surface area (Å²) in [4.78, 5) is 11.0. The molecular formula is C14H17FN4O2. The van der Waals surface area contributed by atoms with Crippen LogP contribution in [-0.4, -0.2) is 31.3 Å². The first-order valence-electron chi connectivity index (χ1n) is 6.71. The Morgan fingerprint density at radius 3 is 2.71 bits per heavy atom. The second-order valence-corrected chi connectivity index (χ2v) is 5.22. The van der Waals surface area contributed by atoms with Crippen molar-refractivity contribution >= 4 is 5.97 Å². The van der Waals surface area contributed by atoms with E-state index in [4.69, 9.17) is 5.11 Å². The Labute approximate surface area is 121 Å². The van der Waals surface area contributed by atoms with Crippen molar-refractivity contribution in [1.29, 1.82) is 0 Å². The molecule has 1 atom stereocenters. The lowest BCUT2D eigenvalue weighted by atomic mass is 10.0. The average Bonchev–Trinajstić information content (AvgIpc) is 2.86. The molecule has 112 valence electrons. The zero-order valence-electron chi connectivity index (χ0n) is 11.9. The molecule has 21 heavy (non-hydrogen) atoms. The maximum Gasteiger partial charge on any atom is 0.305 e. The van der Waals surface area contributed by atoms with E-state index in [-0.39, 0.29) is 30.6 Å². The van der Waals surface area contributed by atoms with E-state index in [9.17, 15) is 9.18 Å². The van der Waals surface area contributed by atoms with E-state index in [1.54, 1.807) is 18.2 Å². The molecule has 0 saturated carbocycles. The molecular weight excluding hydrogens is 275 g/mol. The highest BCUT2D eigenvalue weighted by Gasteiger charge is 2.24.